The van der Waals surface area contributed by atoms with E-state index in [1.54, 1.807) is 12.1 Å². The van der Waals surface area contributed by atoms with Gasteiger partial charge in [-0.2, -0.15) is 0 Å². The molecular formula is C13H18N2O2. The van der Waals surface area contributed by atoms with E-state index in [4.69, 9.17) is 5.11 Å². The van der Waals surface area contributed by atoms with Gasteiger partial charge in [-0.3, -0.25) is 0 Å². The fraction of sp³-hybridized carbons (Fsp3) is 0.462. The van der Waals surface area contributed by atoms with Crippen molar-refractivity contribution in [2.75, 3.05) is 16.8 Å². The van der Waals surface area contributed by atoms with Crippen molar-refractivity contribution in [3.63, 3.8) is 0 Å². The second-order valence-corrected chi connectivity index (χ2v) is 4.77. The summed E-state index contributed by atoms with van der Waals surface area (Å²) in [6, 6.07) is 5.96. The van der Waals surface area contributed by atoms with Crippen molar-refractivity contribution >= 4 is 17.3 Å². The van der Waals surface area contributed by atoms with Crippen molar-refractivity contribution in [3.8, 4) is 0 Å². The number of fused-ring (bicyclic) bond motifs is 1. The van der Waals surface area contributed by atoms with Crippen LogP contribution in [0.4, 0.5) is 11.4 Å². The lowest BCUT2D eigenvalue weighted by Crippen LogP contribution is -2.46. The summed E-state index contributed by atoms with van der Waals surface area (Å²) in [5, 5.41) is 12.4. The summed E-state index contributed by atoms with van der Waals surface area (Å²) in [5.74, 6) is -0.880. The van der Waals surface area contributed by atoms with Crippen LogP contribution in [0.1, 0.15) is 31.1 Å². The third-order valence-electron chi connectivity index (χ3n) is 3.14. The second kappa shape index (κ2) is 4.28. The van der Waals surface area contributed by atoms with Crippen LogP contribution in [0.15, 0.2) is 18.2 Å². The van der Waals surface area contributed by atoms with Gasteiger partial charge in [0, 0.05) is 18.6 Å². The first kappa shape index (κ1) is 11.8. The molecule has 0 saturated carbocycles. The Labute approximate surface area is 101 Å². The summed E-state index contributed by atoms with van der Waals surface area (Å²) < 4.78 is 0. The SMILES string of the molecule is CC(C)N1c2cc(C(=O)O)ccc2NCC1C. The number of carboxylic acid groups (broad SMARTS) is 1. The lowest BCUT2D eigenvalue weighted by Gasteiger charge is -2.40. The number of benzene rings is 1. The zero-order valence-corrected chi connectivity index (χ0v) is 10.4. The van der Waals surface area contributed by atoms with Crippen molar-refractivity contribution in [2.45, 2.75) is 32.9 Å². The number of hydrogen-bond donors (Lipinski definition) is 2. The van der Waals surface area contributed by atoms with E-state index in [2.05, 4.69) is 31.0 Å². The quantitative estimate of drug-likeness (QED) is 0.825. The summed E-state index contributed by atoms with van der Waals surface area (Å²) >= 11 is 0. The predicted octanol–water partition coefficient (Wildman–Crippen LogP) is 2.41. The highest BCUT2D eigenvalue weighted by Crippen LogP contribution is 2.33. The van der Waals surface area contributed by atoms with Crippen molar-refractivity contribution in [2.24, 2.45) is 0 Å². The number of carboxylic acids is 1. The number of hydrogen-bond acceptors (Lipinski definition) is 3. The highest BCUT2D eigenvalue weighted by Gasteiger charge is 2.25. The summed E-state index contributed by atoms with van der Waals surface area (Å²) in [5.41, 5.74) is 2.34. The van der Waals surface area contributed by atoms with Gasteiger partial charge in [0.15, 0.2) is 0 Å². The van der Waals surface area contributed by atoms with Crippen molar-refractivity contribution in [1.82, 2.24) is 0 Å². The van der Waals surface area contributed by atoms with E-state index in [0.717, 1.165) is 17.9 Å². The van der Waals surface area contributed by atoms with Gasteiger partial charge in [0.25, 0.3) is 0 Å². The average Bonchev–Trinajstić information content (AvgIpc) is 2.27. The van der Waals surface area contributed by atoms with E-state index in [1.165, 1.54) is 0 Å². The molecule has 1 aliphatic rings. The molecule has 1 aromatic carbocycles. The molecule has 0 aliphatic carbocycles. The summed E-state index contributed by atoms with van der Waals surface area (Å²) in [4.78, 5) is 13.3. The van der Waals surface area contributed by atoms with Crippen LogP contribution < -0.4 is 10.2 Å². The molecule has 4 nitrogen and oxygen atoms in total. The molecule has 0 saturated heterocycles. The summed E-state index contributed by atoms with van der Waals surface area (Å²) in [6.45, 7) is 7.28. The molecule has 1 aliphatic heterocycles. The molecule has 0 radical (unpaired) electrons. The van der Waals surface area contributed by atoms with Crippen LogP contribution in [-0.2, 0) is 0 Å². The topological polar surface area (TPSA) is 52.6 Å². The number of rotatable bonds is 2. The van der Waals surface area contributed by atoms with Gasteiger partial charge in [-0.25, -0.2) is 4.79 Å². The number of nitrogens with zero attached hydrogens (tertiary/aromatic N) is 1. The number of anilines is 2. The van der Waals surface area contributed by atoms with Gasteiger partial charge in [0.05, 0.1) is 16.9 Å². The third-order valence-corrected chi connectivity index (χ3v) is 3.14. The summed E-state index contributed by atoms with van der Waals surface area (Å²) in [7, 11) is 0. The van der Waals surface area contributed by atoms with Crippen molar-refractivity contribution in [1.29, 1.82) is 0 Å². The minimum Gasteiger partial charge on any atom is -0.478 e. The average molecular weight is 234 g/mol. The van der Waals surface area contributed by atoms with Crippen LogP contribution in [0, 0.1) is 0 Å². The van der Waals surface area contributed by atoms with Crippen molar-refractivity contribution < 1.29 is 9.90 Å². The third kappa shape index (κ3) is 2.07. The fourth-order valence-electron chi connectivity index (χ4n) is 2.41. The molecule has 0 aromatic heterocycles. The Bertz CT molecular complexity index is 443. The maximum atomic E-state index is 11.0. The van der Waals surface area contributed by atoms with E-state index in [1.807, 2.05) is 6.07 Å². The zero-order chi connectivity index (χ0) is 12.6. The molecule has 1 aromatic rings. The van der Waals surface area contributed by atoms with Gasteiger partial charge in [-0.1, -0.05) is 0 Å². The molecular weight excluding hydrogens is 216 g/mol. The molecule has 2 N–H and O–H groups in total. The van der Waals surface area contributed by atoms with Crippen LogP contribution in [0.3, 0.4) is 0 Å². The van der Waals surface area contributed by atoms with Crippen LogP contribution in [0.5, 0.6) is 0 Å². The molecule has 92 valence electrons. The lowest BCUT2D eigenvalue weighted by molar-refractivity contribution is 0.0697. The van der Waals surface area contributed by atoms with Gasteiger partial charge in [0.1, 0.15) is 0 Å². The second-order valence-electron chi connectivity index (χ2n) is 4.77. The molecule has 0 fully saturated rings. The number of carbonyl (C=O) groups is 1. The van der Waals surface area contributed by atoms with Crippen LogP contribution >= 0.6 is 0 Å². The molecule has 17 heavy (non-hydrogen) atoms. The molecule has 4 heteroatoms. The first-order valence-corrected chi connectivity index (χ1v) is 5.90. The minimum absolute atomic E-state index is 0.338. The van der Waals surface area contributed by atoms with Crippen LogP contribution in [0.25, 0.3) is 0 Å². The van der Waals surface area contributed by atoms with Gasteiger partial charge in [-0.15, -0.1) is 0 Å². The lowest BCUT2D eigenvalue weighted by atomic mass is 10.1. The standard InChI is InChI=1S/C13H18N2O2/c1-8(2)15-9(3)7-14-11-5-4-10(13(16)17)6-12(11)15/h4-6,8-9,14H,7H2,1-3H3,(H,16,17). The zero-order valence-electron chi connectivity index (χ0n) is 10.4. The summed E-state index contributed by atoms with van der Waals surface area (Å²) in [6.07, 6.45) is 0. The van der Waals surface area contributed by atoms with E-state index in [9.17, 15) is 4.79 Å². The fourth-order valence-corrected chi connectivity index (χ4v) is 2.41. The Kier molecular flexibility index (Phi) is 2.96. The molecule has 0 bridgehead atoms. The Morgan fingerprint density at radius 1 is 1.53 bits per heavy atom. The number of aromatic carboxylic acids is 1. The van der Waals surface area contributed by atoms with Gasteiger partial charge < -0.3 is 15.3 Å². The first-order valence-electron chi connectivity index (χ1n) is 5.90. The largest absolute Gasteiger partial charge is 0.478 e. The van der Waals surface area contributed by atoms with E-state index in [-0.39, 0.29) is 0 Å². The Hall–Kier alpha value is -1.71. The Balaban J connectivity index is 2.48. The van der Waals surface area contributed by atoms with Gasteiger partial charge >= 0.3 is 5.97 Å². The predicted molar refractivity (Wildman–Crippen MR) is 69.0 cm³/mol. The maximum absolute atomic E-state index is 11.0. The van der Waals surface area contributed by atoms with Crippen molar-refractivity contribution in [3.05, 3.63) is 23.8 Å². The van der Waals surface area contributed by atoms with E-state index < -0.39 is 5.97 Å². The number of nitrogens with one attached hydrogen (secondary N) is 1. The molecule has 1 unspecified atom stereocenters. The highest BCUT2D eigenvalue weighted by molar-refractivity contribution is 5.91. The molecule has 2 rings (SSSR count). The van der Waals surface area contributed by atoms with Gasteiger partial charge in [0.2, 0.25) is 0 Å². The van der Waals surface area contributed by atoms with Gasteiger partial charge in [-0.05, 0) is 39.0 Å². The smallest absolute Gasteiger partial charge is 0.335 e. The van der Waals surface area contributed by atoms with E-state index in [0.29, 0.717) is 17.6 Å². The minimum atomic E-state index is -0.880. The first-order chi connectivity index (χ1) is 8.00. The molecule has 0 spiro atoms. The highest BCUT2D eigenvalue weighted by atomic mass is 16.4. The molecule has 0 amide bonds. The normalized spacial score (nSPS) is 18.8. The maximum Gasteiger partial charge on any atom is 0.335 e. The molecule has 1 atom stereocenters. The monoisotopic (exact) mass is 234 g/mol. The molecule has 1 heterocycles. The Morgan fingerprint density at radius 2 is 2.24 bits per heavy atom. The van der Waals surface area contributed by atoms with Crippen LogP contribution in [-0.4, -0.2) is 29.7 Å². The van der Waals surface area contributed by atoms with E-state index >= 15 is 0 Å². The van der Waals surface area contributed by atoms with Crippen LogP contribution in [0.2, 0.25) is 0 Å². The Morgan fingerprint density at radius 3 is 2.82 bits per heavy atom.